The summed E-state index contributed by atoms with van der Waals surface area (Å²) < 4.78 is 0. The Morgan fingerprint density at radius 2 is 1.55 bits per heavy atom. The molecule has 0 aliphatic heterocycles. The molecule has 0 unspecified atom stereocenters. The van der Waals surface area contributed by atoms with Crippen LogP contribution in [0.4, 0.5) is 0 Å². The lowest BCUT2D eigenvalue weighted by Gasteiger charge is -2.39. The standard InChI is InChI=1S/C17H27NO2/c1-11-8-12(2)14(13(3)9-11)10-18-17(6,7)16(4,5)15(19)20/h8-9,18H,10H2,1-7H3,(H,19,20). The third-order valence-electron chi connectivity index (χ3n) is 4.64. The number of aliphatic carboxylic acids is 1. The molecule has 0 fully saturated rings. The molecule has 20 heavy (non-hydrogen) atoms. The lowest BCUT2D eigenvalue weighted by Crippen LogP contribution is -2.54. The molecule has 112 valence electrons. The SMILES string of the molecule is Cc1cc(C)c(CNC(C)(C)C(C)(C)C(=O)O)c(C)c1. The van der Waals surface area contributed by atoms with Crippen LogP contribution in [0.1, 0.15) is 49.9 Å². The van der Waals surface area contributed by atoms with Gasteiger partial charge in [0.25, 0.3) is 0 Å². The predicted octanol–water partition coefficient (Wildman–Crippen LogP) is 3.59. The number of rotatable bonds is 5. The van der Waals surface area contributed by atoms with Gasteiger partial charge >= 0.3 is 5.97 Å². The number of aryl methyl sites for hydroxylation is 3. The van der Waals surface area contributed by atoms with Crippen molar-refractivity contribution in [2.24, 2.45) is 5.41 Å². The second kappa shape index (κ2) is 5.57. The van der Waals surface area contributed by atoms with E-state index in [4.69, 9.17) is 0 Å². The van der Waals surface area contributed by atoms with Crippen LogP contribution >= 0.6 is 0 Å². The van der Waals surface area contributed by atoms with E-state index in [-0.39, 0.29) is 0 Å². The summed E-state index contributed by atoms with van der Waals surface area (Å²) in [6.45, 7) is 14.4. The average Bonchev–Trinajstić information content (AvgIpc) is 2.26. The minimum atomic E-state index is -0.834. The van der Waals surface area contributed by atoms with Gasteiger partial charge in [-0.1, -0.05) is 17.7 Å². The van der Waals surface area contributed by atoms with E-state index < -0.39 is 16.9 Å². The molecule has 3 nitrogen and oxygen atoms in total. The molecule has 0 aliphatic rings. The highest BCUT2D eigenvalue weighted by molar-refractivity contribution is 5.75. The van der Waals surface area contributed by atoms with Gasteiger partial charge in [0.15, 0.2) is 0 Å². The van der Waals surface area contributed by atoms with E-state index in [1.165, 1.54) is 22.3 Å². The Bertz CT molecular complexity index is 493. The smallest absolute Gasteiger partial charge is 0.310 e. The number of nitrogens with one attached hydrogen (secondary N) is 1. The maximum atomic E-state index is 11.4. The van der Waals surface area contributed by atoms with Crippen LogP contribution in [0.25, 0.3) is 0 Å². The third kappa shape index (κ3) is 3.21. The van der Waals surface area contributed by atoms with Gasteiger partial charge in [0.2, 0.25) is 0 Å². The molecule has 0 saturated carbocycles. The largest absolute Gasteiger partial charge is 0.481 e. The summed E-state index contributed by atoms with van der Waals surface area (Å²) in [6.07, 6.45) is 0. The third-order valence-corrected chi connectivity index (χ3v) is 4.64. The fraction of sp³-hybridized carbons (Fsp3) is 0.588. The quantitative estimate of drug-likeness (QED) is 0.864. The van der Waals surface area contributed by atoms with Crippen molar-refractivity contribution in [3.8, 4) is 0 Å². The van der Waals surface area contributed by atoms with Crippen LogP contribution < -0.4 is 5.32 Å². The van der Waals surface area contributed by atoms with Crippen molar-refractivity contribution in [1.82, 2.24) is 5.32 Å². The van der Waals surface area contributed by atoms with Crippen LogP contribution in [0, 0.1) is 26.2 Å². The van der Waals surface area contributed by atoms with Gasteiger partial charge in [0.1, 0.15) is 0 Å². The molecule has 0 radical (unpaired) electrons. The van der Waals surface area contributed by atoms with Gasteiger partial charge in [-0.15, -0.1) is 0 Å². The zero-order valence-electron chi connectivity index (χ0n) is 13.7. The maximum absolute atomic E-state index is 11.4. The van der Waals surface area contributed by atoms with Crippen LogP contribution in [0.15, 0.2) is 12.1 Å². The number of carboxylic acid groups (broad SMARTS) is 1. The van der Waals surface area contributed by atoms with Gasteiger partial charge in [0.05, 0.1) is 5.41 Å². The summed E-state index contributed by atoms with van der Waals surface area (Å²) in [6, 6.07) is 4.33. The second-order valence-electron chi connectivity index (χ2n) is 6.79. The first kappa shape index (κ1) is 16.7. The zero-order chi connectivity index (χ0) is 15.7. The van der Waals surface area contributed by atoms with Crippen molar-refractivity contribution in [3.63, 3.8) is 0 Å². The molecule has 3 heteroatoms. The van der Waals surface area contributed by atoms with Crippen molar-refractivity contribution in [2.75, 3.05) is 0 Å². The Morgan fingerprint density at radius 3 is 1.95 bits per heavy atom. The van der Waals surface area contributed by atoms with Crippen molar-refractivity contribution < 1.29 is 9.90 Å². The first-order valence-electron chi connectivity index (χ1n) is 7.04. The molecule has 0 spiro atoms. The molecule has 0 atom stereocenters. The topological polar surface area (TPSA) is 49.3 Å². The fourth-order valence-electron chi connectivity index (χ4n) is 2.29. The van der Waals surface area contributed by atoms with Gasteiger partial charge in [0, 0.05) is 12.1 Å². The van der Waals surface area contributed by atoms with Crippen LogP contribution in [-0.4, -0.2) is 16.6 Å². The van der Waals surface area contributed by atoms with Crippen molar-refractivity contribution in [2.45, 2.75) is 60.5 Å². The molecule has 0 amide bonds. The minimum absolute atomic E-state index is 0.497. The van der Waals surface area contributed by atoms with E-state index in [1.807, 2.05) is 13.8 Å². The molecule has 0 aliphatic carbocycles. The van der Waals surface area contributed by atoms with E-state index in [1.54, 1.807) is 13.8 Å². The molecule has 1 aromatic rings. The highest BCUT2D eigenvalue weighted by atomic mass is 16.4. The monoisotopic (exact) mass is 277 g/mol. The summed E-state index contributed by atoms with van der Waals surface area (Å²) >= 11 is 0. The summed E-state index contributed by atoms with van der Waals surface area (Å²) in [7, 11) is 0. The molecular weight excluding hydrogens is 250 g/mol. The number of hydrogen-bond donors (Lipinski definition) is 2. The lowest BCUT2D eigenvalue weighted by atomic mass is 9.74. The van der Waals surface area contributed by atoms with Crippen LogP contribution in [0.3, 0.4) is 0 Å². The predicted molar refractivity (Wildman–Crippen MR) is 83.0 cm³/mol. The molecule has 0 bridgehead atoms. The zero-order valence-corrected chi connectivity index (χ0v) is 13.7. The van der Waals surface area contributed by atoms with E-state index in [0.717, 1.165) is 0 Å². The Morgan fingerprint density at radius 1 is 1.10 bits per heavy atom. The van der Waals surface area contributed by atoms with Crippen molar-refractivity contribution >= 4 is 5.97 Å². The molecular formula is C17H27NO2. The molecule has 0 saturated heterocycles. The van der Waals surface area contributed by atoms with Crippen LogP contribution in [0.5, 0.6) is 0 Å². The van der Waals surface area contributed by atoms with E-state index in [9.17, 15) is 9.90 Å². The summed E-state index contributed by atoms with van der Waals surface area (Å²) in [5.74, 6) is -0.785. The van der Waals surface area contributed by atoms with Gasteiger partial charge in [-0.25, -0.2) is 0 Å². The normalized spacial score (nSPS) is 12.6. The lowest BCUT2D eigenvalue weighted by molar-refractivity contribution is -0.151. The van der Waals surface area contributed by atoms with Gasteiger partial charge in [-0.3, -0.25) is 4.79 Å². The molecule has 1 aromatic carbocycles. The first-order chi connectivity index (χ1) is 8.99. The molecule has 1 rings (SSSR count). The van der Waals surface area contributed by atoms with Gasteiger partial charge < -0.3 is 10.4 Å². The number of carboxylic acids is 1. The fourth-order valence-corrected chi connectivity index (χ4v) is 2.29. The first-order valence-corrected chi connectivity index (χ1v) is 7.04. The van der Waals surface area contributed by atoms with E-state index >= 15 is 0 Å². The van der Waals surface area contributed by atoms with E-state index in [0.29, 0.717) is 6.54 Å². The van der Waals surface area contributed by atoms with Crippen molar-refractivity contribution in [1.29, 1.82) is 0 Å². The summed E-state index contributed by atoms with van der Waals surface area (Å²) in [5.41, 5.74) is 3.68. The number of benzene rings is 1. The molecule has 0 heterocycles. The minimum Gasteiger partial charge on any atom is -0.481 e. The van der Waals surface area contributed by atoms with Crippen LogP contribution in [0.2, 0.25) is 0 Å². The Hall–Kier alpha value is -1.35. The molecule has 2 N–H and O–H groups in total. The van der Waals surface area contributed by atoms with Gasteiger partial charge in [-0.2, -0.15) is 0 Å². The highest BCUT2D eigenvalue weighted by Gasteiger charge is 2.43. The maximum Gasteiger partial charge on any atom is 0.310 e. The Labute approximate surface area is 122 Å². The number of hydrogen-bond acceptors (Lipinski definition) is 2. The van der Waals surface area contributed by atoms with E-state index in [2.05, 4.69) is 38.2 Å². The Kier molecular flexibility index (Phi) is 4.65. The highest BCUT2D eigenvalue weighted by Crippen LogP contribution is 2.31. The molecule has 0 aromatic heterocycles. The second-order valence-corrected chi connectivity index (χ2v) is 6.79. The Balaban J connectivity index is 2.95. The number of carbonyl (C=O) groups is 1. The average molecular weight is 277 g/mol. The van der Waals surface area contributed by atoms with Gasteiger partial charge in [-0.05, 0) is 65.2 Å². The summed E-state index contributed by atoms with van der Waals surface area (Å²) in [5, 5.41) is 12.8. The van der Waals surface area contributed by atoms with Crippen molar-refractivity contribution in [3.05, 3.63) is 34.4 Å². The van der Waals surface area contributed by atoms with Crippen LogP contribution in [-0.2, 0) is 11.3 Å². The summed E-state index contributed by atoms with van der Waals surface area (Å²) in [4.78, 5) is 11.4.